The van der Waals surface area contributed by atoms with Crippen molar-refractivity contribution in [3.05, 3.63) is 18.2 Å². The van der Waals surface area contributed by atoms with Gasteiger partial charge in [0.1, 0.15) is 11.6 Å². The highest BCUT2D eigenvalue weighted by Crippen LogP contribution is 2.08. The summed E-state index contributed by atoms with van der Waals surface area (Å²) < 4.78 is 0. The first-order chi connectivity index (χ1) is 6.45. The number of anilines is 2. The molecule has 1 aliphatic heterocycles. The minimum Gasteiger partial charge on any atom is -0.369 e. The fourth-order valence-electron chi connectivity index (χ4n) is 1.31. The van der Waals surface area contributed by atoms with Crippen molar-refractivity contribution in [1.82, 2.24) is 10.3 Å². The smallest absolute Gasteiger partial charge is 0.128 e. The molecule has 0 atom stereocenters. The molecule has 1 aromatic rings. The van der Waals surface area contributed by atoms with Crippen molar-refractivity contribution in [3.8, 4) is 0 Å². The summed E-state index contributed by atoms with van der Waals surface area (Å²) in [4.78, 5) is 4.38. The lowest BCUT2D eigenvalue weighted by Gasteiger charge is -2.12. The van der Waals surface area contributed by atoms with E-state index >= 15 is 0 Å². The Labute approximate surface area is 77.8 Å². The van der Waals surface area contributed by atoms with Gasteiger partial charge in [-0.3, -0.25) is 0 Å². The van der Waals surface area contributed by atoms with Crippen LogP contribution in [0.15, 0.2) is 18.2 Å². The standard InChI is InChI=1S/C9H14N4/c1-2-8-11-6-4-10-5-7-12-9(3-1)13-8/h1-3,10H,4-7H2,(H2,11,12,13). The van der Waals surface area contributed by atoms with Crippen LogP contribution in [-0.4, -0.2) is 31.2 Å². The number of aromatic nitrogens is 1. The largest absolute Gasteiger partial charge is 0.369 e. The Morgan fingerprint density at radius 2 is 1.54 bits per heavy atom. The zero-order valence-corrected chi connectivity index (χ0v) is 7.51. The summed E-state index contributed by atoms with van der Waals surface area (Å²) in [5.74, 6) is 1.88. The normalized spacial score (nSPS) is 16.9. The SMILES string of the molecule is c1cc2nc(c1)NCCNCCN2. The van der Waals surface area contributed by atoms with Crippen molar-refractivity contribution < 1.29 is 0 Å². The monoisotopic (exact) mass is 178 g/mol. The third-order valence-electron chi connectivity index (χ3n) is 1.96. The van der Waals surface area contributed by atoms with Crippen LogP contribution in [0, 0.1) is 0 Å². The lowest BCUT2D eigenvalue weighted by atomic mass is 10.4. The summed E-state index contributed by atoms with van der Waals surface area (Å²) in [6.07, 6.45) is 0. The number of hydrogen-bond acceptors (Lipinski definition) is 4. The van der Waals surface area contributed by atoms with Crippen LogP contribution in [0.2, 0.25) is 0 Å². The van der Waals surface area contributed by atoms with Gasteiger partial charge < -0.3 is 16.0 Å². The second-order valence-corrected chi connectivity index (χ2v) is 3.01. The quantitative estimate of drug-likeness (QED) is 0.542. The molecular formula is C9H14N4. The lowest BCUT2D eigenvalue weighted by molar-refractivity contribution is 0.714. The molecule has 2 rings (SSSR count). The Balaban J connectivity index is 2.13. The highest BCUT2D eigenvalue weighted by molar-refractivity contribution is 5.45. The Morgan fingerprint density at radius 1 is 0.923 bits per heavy atom. The van der Waals surface area contributed by atoms with E-state index in [0.29, 0.717) is 0 Å². The summed E-state index contributed by atoms with van der Waals surface area (Å²) in [7, 11) is 0. The molecule has 0 spiro atoms. The van der Waals surface area contributed by atoms with Gasteiger partial charge >= 0.3 is 0 Å². The van der Waals surface area contributed by atoms with E-state index in [0.717, 1.165) is 37.8 Å². The molecule has 70 valence electrons. The molecule has 1 aliphatic rings. The fraction of sp³-hybridized carbons (Fsp3) is 0.444. The van der Waals surface area contributed by atoms with Gasteiger partial charge in [-0.1, -0.05) is 6.07 Å². The third kappa shape index (κ3) is 2.32. The van der Waals surface area contributed by atoms with Crippen LogP contribution in [0.3, 0.4) is 0 Å². The number of nitrogens with one attached hydrogen (secondary N) is 3. The predicted octanol–water partition coefficient (Wildman–Crippen LogP) is 0.509. The van der Waals surface area contributed by atoms with E-state index in [1.54, 1.807) is 0 Å². The van der Waals surface area contributed by atoms with Gasteiger partial charge in [0.15, 0.2) is 0 Å². The van der Waals surface area contributed by atoms with E-state index in [-0.39, 0.29) is 0 Å². The molecular weight excluding hydrogens is 164 g/mol. The fourth-order valence-corrected chi connectivity index (χ4v) is 1.31. The molecule has 3 N–H and O–H groups in total. The number of fused-ring (bicyclic) bond motifs is 2. The van der Waals surface area contributed by atoms with Crippen molar-refractivity contribution in [2.45, 2.75) is 0 Å². The first-order valence-corrected chi connectivity index (χ1v) is 4.61. The molecule has 13 heavy (non-hydrogen) atoms. The first kappa shape index (κ1) is 8.31. The molecule has 1 aromatic heterocycles. The third-order valence-corrected chi connectivity index (χ3v) is 1.96. The molecule has 0 amide bonds. The van der Waals surface area contributed by atoms with E-state index in [1.165, 1.54) is 0 Å². The Bertz CT molecular complexity index is 251. The van der Waals surface area contributed by atoms with Gasteiger partial charge in [0.05, 0.1) is 0 Å². The average molecular weight is 178 g/mol. The van der Waals surface area contributed by atoms with Gasteiger partial charge in [-0.05, 0) is 12.1 Å². The molecule has 0 saturated carbocycles. The summed E-state index contributed by atoms with van der Waals surface area (Å²) in [6, 6.07) is 5.96. The Kier molecular flexibility index (Phi) is 2.62. The molecule has 4 nitrogen and oxygen atoms in total. The van der Waals surface area contributed by atoms with E-state index in [1.807, 2.05) is 18.2 Å². The zero-order valence-electron chi connectivity index (χ0n) is 7.51. The molecule has 0 radical (unpaired) electrons. The second-order valence-electron chi connectivity index (χ2n) is 3.01. The van der Waals surface area contributed by atoms with Gasteiger partial charge in [0, 0.05) is 26.2 Å². The maximum absolute atomic E-state index is 4.38. The molecule has 0 unspecified atom stereocenters. The summed E-state index contributed by atoms with van der Waals surface area (Å²) in [5.41, 5.74) is 0. The maximum Gasteiger partial charge on any atom is 0.128 e. The van der Waals surface area contributed by atoms with Crippen LogP contribution >= 0.6 is 0 Å². The van der Waals surface area contributed by atoms with Crippen molar-refractivity contribution in [2.24, 2.45) is 0 Å². The number of rotatable bonds is 0. The lowest BCUT2D eigenvalue weighted by Crippen LogP contribution is -2.28. The summed E-state index contributed by atoms with van der Waals surface area (Å²) in [5, 5.41) is 9.79. The van der Waals surface area contributed by atoms with Gasteiger partial charge in [-0.25, -0.2) is 4.98 Å². The highest BCUT2D eigenvalue weighted by Gasteiger charge is 1.98. The summed E-state index contributed by atoms with van der Waals surface area (Å²) in [6.45, 7) is 3.81. The molecule has 4 heteroatoms. The maximum atomic E-state index is 4.38. The van der Waals surface area contributed by atoms with Gasteiger partial charge in [-0.2, -0.15) is 0 Å². The summed E-state index contributed by atoms with van der Waals surface area (Å²) >= 11 is 0. The minimum atomic E-state index is 0.927. The number of pyridine rings is 1. The van der Waals surface area contributed by atoms with E-state index in [4.69, 9.17) is 0 Å². The molecule has 2 heterocycles. The number of nitrogens with zero attached hydrogens (tertiary/aromatic N) is 1. The minimum absolute atomic E-state index is 0.927. The van der Waals surface area contributed by atoms with Crippen molar-refractivity contribution >= 4 is 11.6 Å². The van der Waals surface area contributed by atoms with Gasteiger partial charge in [-0.15, -0.1) is 0 Å². The van der Waals surface area contributed by atoms with E-state index < -0.39 is 0 Å². The van der Waals surface area contributed by atoms with Crippen LogP contribution in [0.25, 0.3) is 0 Å². The topological polar surface area (TPSA) is 49.0 Å². The Hall–Kier alpha value is -1.29. The van der Waals surface area contributed by atoms with Crippen molar-refractivity contribution in [2.75, 3.05) is 36.8 Å². The van der Waals surface area contributed by atoms with Crippen LogP contribution in [0.4, 0.5) is 11.6 Å². The van der Waals surface area contributed by atoms with Crippen LogP contribution in [-0.2, 0) is 0 Å². The van der Waals surface area contributed by atoms with E-state index in [9.17, 15) is 0 Å². The van der Waals surface area contributed by atoms with Crippen molar-refractivity contribution in [3.63, 3.8) is 0 Å². The molecule has 0 saturated heterocycles. The second kappa shape index (κ2) is 4.09. The molecule has 0 fully saturated rings. The predicted molar refractivity (Wildman–Crippen MR) is 54.1 cm³/mol. The molecule has 0 aromatic carbocycles. The molecule has 2 bridgehead atoms. The van der Waals surface area contributed by atoms with Crippen molar-refractivity contribution in [1.29, 1.82) is 0 Å². The first-order valence-electron chi connectivity index (χ1n) is 4.61. The average Bonchev–Trinajstić information content (AvgIpc) is 2.17. The van der Waals surface area contributed by atoms with Crippen LogP contribution < -0.4 is 16.0 Å². The van der Waals surface area contributed by atoms with Crippen LogP contribution in [0.5, 0.6) is 0 Å². The van der Waals surface area contributed by atoms with Gasteiger partial charge in [0.2, 0.25) is 0 Å². The Morgan fingerprint density at radius 3 is 2.15 bits per heavy atom. The van der Waals surface area contributed by atoms with E-state index in [2.05, 4.69) is 20.9 Å². The van der Waals surface area contributed by atoms with Gasteiger partial charge in [0.25, 0.3) is 0 Å². The highest BCUT2D eigenvalue weighted by atomic mass is 15.1. The molecule has 0 aliphatic carbocycles. The zero-order chi connectivity index (χ0) is 8.93. The number of hydrogen-bond donors (Lipinski definition) is 3. The van der Waals surface area contributed by atoms with Crippen LogP contribution in [0.1, 0.15) is 0 Å².